The van der Waals surface area contributed by atoms with Crippen LogP contribution in [0.1, 0.15) is 54.7 Å². The van der Waals surface area contributed by atoms with E-state index >= 15 is 0 Å². The number of fused-ring (bicyclic) bond motifs is 1. The number of primary amides is 1. The van der Waals surface area contributed by atoms with E-state index < -0.39 is 61.3 Å². The van der Waals surface area contributed by atoms with Gasteiger partial charge < -0.3 is 10.6 Å². The van der Waals surface area contributed by atoms with E-state index in [0.717, 1.165) is 35.1 Å². The molecule has 2 N–H and O–H groups in total. The molecule has 1 aromatic carbocycles. The molecule has 0 bridgehead atoms. The van der Waals surface area contributed by atoms with Gasteiger partial charge >= 0.3 is 0 Å². The van der Waals surface area contributed by atoms with Crippen LogP contribution in [0.25, 0.3) is 5.52 Å². The molecule has 35 heavy (non-hydrogen) atoms. The molecule has 2 atom stereocenters. The van der Waals surface area contributed by atoms with Crippen LogP contribution in [0.2, 0.25) is 0 Å². The van der Waals surface area contributed by atoms with Gasteiger partial charge in [-0.3, -0.25) is 9.59 Å². The van der Waals surface area contributed by atoms with Gasteiger partial charge in [0.25, 0.3) is 5.91 Å². The number of carbonyl (C=O) groups is 1. The van der Waals surface area contributed by atoms with Crippen molar-refractivity contribution >= 4 is 33.2 Å². The van der Waals surface area contributed by atoms with E-state index in [4.69, 9.17) is 5.73 Å². The lowest BCUT2D eigenvalue weighted by atomic mass is 10.0. The van der Waals surface area contributed by atoms with Crippen LogP contribution in [0.15, 0.2) is 35.5 Å². The number of rotatable bonds is 5. The lowest BCUT2D eigenvalue weighted by Crippen LogP contribution is -2.34. The summed E-state index contributed by atoms with van der Waals surface area (Å²) in [5.41, 5.74) is 4.43. The normalized spacial score (nSPS) is 18.9. The van der Waals surface area contributed by atoms with Gasteiger partial charge in [-0.25, -0.2) is 26.1 Å². The number of sulfone groups is 1. The lowest BCUT2D eigenvalue weighted by Gasteiger charge is -2.32. The zero-order valence-electron chi connectivity index (χ0n) is 19.0. The van der Waals surface area contributed by atoms with Gasteiger partial charge in [0.2, 0.25) is 6.29 Å². The molecule has 1 aliphatic rings. The summed E-state index contributed by atoms with van der Waals surface area (Å²) in [4.78, 5) is 25.1. The summed E-state index contributed by atoms with van der Waals surface area (Å²) < 4.78 is 70.5. The zero-order chi connectivity index (χ0) is 25.9. The third-order valence-electron chi connectivity index (χ3n) is 6.05. The Kier molecular flexibility index (Phi) is 5.90. The van der Waals surface area contributed by atoms with Crippen LogP contribution in [-0.4, -0.2) is 47.7 Å². The number of nitrogens with two attached hydrogens (primary N) is 1. The predicted molar refractivity (Wildman–Crippen MR) is 121 cm³/mol. The Labute approximate surface area is 199 Å². The topological polar surface area (TPSA) is 115 Å². The SMILES string of the molecule is CC(C)(C)S(=O)(=O)c1cn2ncc([C]=O)c2c(C(N)=O)c1N1C[C@@H](F)C[C@@H]1c1cc(F)ccc1F. The van der Waals surface area contributed by atoms with E-state index in [-0.39, 0.29) is 28.8 Å². The first-order valence-corrected chi connectivity index (χ1v) is 12.1. The highest BCUT2D eigenvalue weighted by molar-refractivity contribution is 7.93. The van der Waals surface area contributed by atoms with E-state index in [1.54, 1.807) is 6.29 Å². The Bertz CT molecular complexity index is 1460. The van der Waals surface area contributed by atoms with Crippen LogP contribution in [0, 0.1) is 11.6 Å². The summed E-state index contributed by atoms with van der Waals surface area (Å²) in [6.45, 7) is 3.86. The molecule has 0 saturated carbocycles. The van der Waals surface area contributed by atoms with Crippen molar-refractivity contribution in [3.63, 3.8) is 0 Å². The monoisotopic (exact) mass is 507 g/mol. The number of carbonyl (C=O) groups excluding carboxylic acids is 2. The molecule has 3 aromatic rings. The summed E-state index contributed by atoms with van der Waals surface area (Å²) in [5.74, 6) is -2.72. The minimum atomic E-state index is -4.23. The standard InChI is InChI=1S/C23H22F3N4O4S/c1-23(2,3)35(33,34)18-10-30-20(12(11-31)8-28-30)19(22(27)32)21(18)29-9-14(25)7-17(29)15-6-13(24)4-5-16(15)26/h4-6,8,10,14,17H,7,9H2,1-3H3,(H2,27,32)/t14-,17+/m0/s1. The van der Waals surface area contributed by atoms with Gasteiger partial charge in [-0.2, -0.15) is 5.10 Å². The molecule has 3 heterocycles. The fourth-order valence-electron chi connectivity index (χ4n) is 4.33. The third kappa shape index (κ3) is 3.95. The number of anilines is 1. The first kappa shape index (κ1) is 24.7. The number of alkyl halides is 1. The molecular formula is C23H22F3N4O4S. The highest BCUT2D eigenvalue weighted by Crippen LogP contribution is 2.45. The van der Waals surface area contributed by atoms with Crippen molar-refractivity contribution in [1.29, 1.82) is 0 Å². The fourth-order valence-corrected chi connectivity index (χ4v) is 5.71. The fraction of sp³-hybridized carbons (Fsp3) is 0.348. The van der Waals surface area contributed by atoms with Crippen LogP contribution >= 0.6 is 0 Å². The lowest BCUT2D eigenvalue weighted by molar-refractivity contribution is 0.100. The molecule has 12 heteroatoms. The smallest absolute Gasteiger partial charge is 0.253 e. The molecule has 0 unspecified atom stereocenters. The Morgan fingerprint density at radius 3 is 2.54 bits per heavy atom. The molecule has 1 radical (unpaired) electrons. The average molecular weight is 508 g/mol. The molecule has 8 nitrogen and oxygen atoms in total. The van der Waals surface area contributed by atoms with E-state index in [1.807, 2.05) is 0 Å². The second-order valence-electron chi connectivity index (χ2n) is 9.32. The molecule has 185 valence electrons. The predicted octanol–water partition coefficient (Wildman–Crippen LogP) is 3.03. The minimum absolute atomic E-state index is 0.129. The number of nitrogens with zero attached hydrogens (tertiary/aromatic N) is 3. The van der Waals surface area contributed by atoms with Gasteiger partial charge in [-0.1, -0.05) is 0 Å². The van der Waals surface area contributed by atoms with E-state index in [1.165, 1.54) is 25.7 Å². The number of pyridine rings is 1. The van der Waals surface area contributed by atoms with Crippen LogP contribution in [0.3, 0.4) is 0 Å². The Hall–Kier alpha value is -3.41. The summed E-state index contributed by atoms with van der Waals surface area (Å²) >= 11 is 0. The molecule has 1 amide bonds. The Morgan fingerprint density at radius 2 is 1.94 bits per heavy atom. The average Bonchev–Trinajstić information content (AvgIpc) is 3.35. The minimum Gasteiger partial charge on any atom is -0.365 e. The maximum Gasteiger partial charge on any atom is 0.253 e. The first-order chi connectivity index (χ1) is 16.3. The number of hydrogen-bond donors (Lipinski definition) is 1. The molecule has 2 aromatic heterocycles. The van der Waals surface area contributed by atoms with Crippen LogP contribution in [0.5, 0.6) is 0 Å². The van der Waals surface area contributed by atoms with E-state index in [9.17, 15) is 31.2 Å². The number of halogens is 3. The van der Waals surface area contributed by atoms with Crippen LogP contribution in [0.4, 0.5) is 18.9 Å². The largest absolute Gasteiger partial charge is 0.365 e. The summed E-state index contributed by atoms with van der Waals surface area (Å²) in [6, 6.07) is 1.52. The Balaban J connectivity index is 2.14. The number of benzene rings is 1. The van der Waals surface area contributed by atoms with Gasteiger partial charge in [-0.05, 0) is 39.0 Å². The van der Waals surface area contributed by atoms with Gasteiger partial charge in [0.05, 0.1) is 39.3 Å². The summed E-state index contributed by atoms with van der Waals surface area (Å²) in [5, 5.41) is 3.95. The second-order valence-corrected chi connectivity index (χ2v) is 12.0. The van der Waals surface area contributed by atoms with Crippen molar-refractivity contribution in [2.45, 2.75) is 49.0 Å². The molecule has 1 fully saturated rings. The quantitative estimate of drug-likeness (QED) is 0.568. The maximum atomic E-state index is 14.8. The summed E-state index contributed by atoms with van der Waals surface area (Å²) in [6.07, 6.45) is 1.94. The van der Waals surface area contributed by atoms with Crippen LogP contribution in [-0.2, 0) is 14.6 Å². The molecular weight excluding hydrogens is 485 g/mol. The second kappa shape index (κ2) is 8.36. The van der Waals surface area contributed by atoms with Crippen LogP contribution < -0.4 is 10.6 Å². The molecule has 4 rings (SSSR count). The zero-order valence-corrected chi connectivity index (χ0v) is 19.9. The molecule has 0 aliphatic carbocycles. The molecule has 1 saturated heterocycles. The summed E-state index contributed by atoms with van der Waals surface area (Å²) in [7, 11) is -4.23. The Morgan fingerprint density at radius 1 is 1.26 bits per heavy atom. The third-order valence-corrected chi connectivity index (χ3v) is 8.54. The molecule has 0 spiro atoms. The highest BCUT2D eigenvalue weighted by atomic mass is 32.2. The van der Waals surface area contributed by atoms with Crippen molar-refractivity contribution in [2.75, 3.05) is 11.4 Å². The van der Waals surface area contributed by atoms with Crippen molar-refractivity contribution < 1.29 is 31.2 Å². The van der Waals surface area contributed by atoms with Crippen molar-refractivity contribution in [1.82, 2.24) is 9.61 Å². The number of hydrogen-bond acceptors (Lipinski definition) is 6. The first-order valence-electron chi connectivity index (χ1n) is 10.6. The van der Waals surface area contributed by atoms with Crippen molar-refractivity contribution in [3.8, 4) is 0 Å². The van der Waals surface area contributed by atoms with Gasteiger partial charge in [0, 0.05) is 24.7 Å². The highest BCUT2D eigenvalue weighted by Gasteiger charge is 2.43. The maximum absolute atomic E-state index is 14.8. The van der Waals surface area contributed by atoms with Gasteiger partial charge in [-0.15, -0.1) is 0 Å². The van der Waals surface area contributed by atoms with E-state index in [2.05, 4.69) is 5.10 Å². The number of amides is 1. The van der Waals surface area contributed by atoms with Gasteiger partial charge in [0.15, 0.2) is 9.84 Å². The van der Waals surface area contributed by atoms with Crippen molar-refractivity contribution in [3.05, 3.63) is 58.9 Å². The number of aromatic nitrogens is 2. The van der Waals surface area contributed by atoms with E-state index in [0.29, 0.717) is 0 Å². The van der Waals surface area contributed by atoms with Gasteiger partial charge in [0.1, 0.15) is 22.7 Å². The van der Waals surface area contributed by atoms with Crippen molar-refractivity contribution in [2.24, 2.45) is 5.73 Å². The molecule has 1 aliphatic heterocycles.